The summed E-state index contributed by atoms with van der Waals surface area (Å²) in [6, 6.07) is 9.11. The molecule has 4 nitrogen and oxygen atoms in total. The lowest BCUT2D eigenvalue weighted by Crippen LogP contribution is -2.36. The van der Waals surface area contributed by atoms with Gasteiger partial charge in [-0.1, -0.05) is 18.2 Å². The molecule has 0 unspecified atom stereocenters. The zero-order valence-electron chi connectivity index (χ0n) is 13.2. The van der Waals surface area contributed by atoms with Crippen molar-refractivity contribution >= 4 is 21.4 Å². The van der Waals surface area contributed by atoms with Crippen molar-refractivity contribution in [2.75, 3.05) is 6.61 Å². The molecule has 1 aromatic carbocycles. The van der Waals surface area contributed by atoms with Gasteiger partial charge in [0, 0.05) is 30.9 Å². The summed E-state index contributed by atoms with van der Waals surface area (Å²) in [5.74, 6) is 0. The summed E-state index contributed by atoms with van der Waals surface area (Å²) in [5, 5.41) is 7.37. The topological polar surface area (TPSA) is 39.1 Å². The molecule has 120 valence electrons. The van der Waals surface area contributed by atoms with Crippen LogP contribution >= 0.6 is 11.3 Å². The van der Waals surface area contributed by atoms with Crippen LogP contribution in [0.3, 0.4) is 0 Å². The fourth-order valence-electron chi connectivity index (χ4n) is 3.29. The third-order valence-electron chi connectivity index (χ3n) is 4.61. The van der Waals surface area contributed by atoms with Crippen LogP contribution in [0.5, 0.6) is 0 Å². The molecule has 0 saturated carbocycles. The smallest absolute Gasteiger partial charge is 0.100 e. The van der Waals surface area contributed by atoms with Crippen LogP contribution in [0.2, 0.25) is 0 Å². The van der Waals surface area contributed by atoms with Crippen molar-refractivity contribution in [2.24, 2.45) is 7.05 Å². The monoisotopic (exact) mass is 327 g/mol. The van der Waals surface area contributed by atoms with Gasteiger partial charge in [-0.05, 0) is 35.2 Å². The van der Waals surface area contributed by atoms with Crippen molar-refractivity contribution in [2.45, 2.75) is 31.5 Å². The number of nitrogens with one attached hydrogen (secondary N) is 1. The van der Waals surface area contributed by atoms with E-state index in [9.17, 15) is 0 Å². The van der Waals surface area contributed by atoms with E-state index in [0.29, 0.717) is 6.04 Å². The van der Waals surface area contributed by atoms with Gasteiger partial charge in [-0.15, -0.1) is 11.3 Å². The summed E-state index contributed by atoms with van der Waals surface area (Å²) < 4.78 is 9.36. The summed E-state index contributed by atoms with van der Waals surface area (Å²) >= 11 is 1.82. The number of thiophene rings is 1. The Balaban J connectivity index is 1.42. The second kappa shape index (κ2) is 6.43. The number of aryl methyl sites for hydroxylation is 1. The van der Waals surface area contributed by atoms with Crippen molar-refractivity contribution < 1.29 is 4.74 Å². The molecule has 1 N–H and O–H groups in total. The van der Waals surface area contributed by atoms with Crippen LogP contribution < -0.4 is 5.32 Å². The number of imidazole rings is 1. The third kappa shape index (κ3) is 3.04. The third-order valence-corrected chi connectivity index (χ3v) is 5.62. The van der Waals surface area contributed by atoms with Crippen molar-refractivity contribution in [1.29, 1.82) is 0 Å². The molecule has 1 fully saturated rings. The molecule has 2 atom stereocenters. The summed E-state index contributed by atoms with van der Waals surface area (Å²) in [6.45, 7) is 1.73. The second-order valence-corrected chi connectivity index (χ2v) is 7.06. The molecule has 5 heteroatoms. The van der Waals surface area contributed by atoms with Crippen LogP contribution in [0.4, 0.5) is 0 Å². The molecule has 3 heterocycles. The maximum absolute atomic E-state index is 5.94. The number of benzene rings is 1. The van der Waals surface area contributed by atoms with E-state index in [4.69, 9.17) is 4.74 Å². The quantitative estimate of drug-likeness (QED) is 0.795. The molecule has 1 saturated heterocycles. The van der Waals surface area contributed by atoms with Gasteiger partial charge in [-0.25, -0.2) is 4.98 Å². The Hall–Kier alpha value is -1.69. The minimum Gasteiger partial charge on any atom is -0.372 e. The van der Waals surface area contributed by atoms with E-state index < -0.39 is 0 Å². The first kappa shape index (κ1) is 14.9. The predicted molar refractivity (Wildman–Crippen MR) is 93.6 cm³/mol. The summed E-state index contributed by atoms with van der Waals surface area (Å²) in [6.07, 6.45) is 5.97. The second-order valence-electron chi connectivity index (χ2n) is 6.15. The maximum atomic E-state index is 5.94. The largest absolute Gasteiger partial charge is 0.372 e. The molecule has 1 aliphatic heterocycles. The van der Waals surface area contributed by atoms with Crippen LogP contribution in [0, 0.1) is 0 Å². The van der Waals surface area contributed by atoms with E-state index in [1.165, 1.54) is 15.6 Å². The van der Waals surface area contributed by atoms with E-state index >= 15 is 0 Å². The van der Waals surface area contributed by atoms with Crippen LogP contribution in [-0.2, 0) is 18.3 Å². The van der Waals surface area contributed by atoms with E-state index in [1.807, 2.05) is 30.9 Å². The van der Waals surface area contributed by atoms with Crippen molar-refractivity contribution in [3.8, 4) is 0 Å². The van der Waals surface area contributed by atoms with E-state index in [1.54, 1.807) is 0 Å². The molecule has 1 aliphatic rings. The first-order valence-electron chi connectivity index (χ1n) is 8.07. The average Bonchev–Trinajstić information content (AvgIpc) is 3.19. The molecule has 3 aromatic rings. The zero-order valence-corrected chi connectivity index (χ0v) is 14.1. The lowest BCUT2D eigenvalue weighted by molar-refractivity contribution is -0.00402. The normalized spacial score (nSPS) is 21.8. The van der Waals surface area contributed by atoms with Crippen LogP contribution in [0.25, 0.3) is 10.1 Å². The average molecular weight is 327 g/mol. The fourth-order valence-corrected chi connectivity index (χ4v) is 4.25. The first-order chi connectivity index (χ1) is 11.3. The van der Waals surface area contributed by atoms with E-state index in [0.717, 1.165) is 31.7 Å². The summed E-state index contributed by atoms with van der Waals surface area (Å²) in [5.41, 5.74) is 2.56. The number of fused-ring (bicyclic) bond motifs is 1. The highest BCUT2D eigenvalue weighted by Crippen LogP contribution is 2.29. The standard InChI is InChI=1S/C18H21N3OS/c1-21-12-19-10-16(21)17-8-14(6-7-22-17)20-9-13-11-23-18-5-3-2-4-15(13)18/h2-5,10-12,14,17,20H,6-9H2,1H3/t14-,17-/m1/s1. The highest BCUT2D eigenvalue weighted by molar-refractivity contribution is 7.17. The predicted octanol–water partition coefficient (Wildman–Crippen LogP) is 3.64. The Morgan fingerprint density at radius 1 is 1.39 bits per heavy atom. The number of aromatic nitrogens is 2. The Bertz CT molecular complexity index is 794. The van der Waals surface area contributed by atoms with Gasteiger partial charge in [0.25, 0.3) is 0 Å². The molecule has 0 amide bonds. The minimum absolute atomic E-state index is 0.146. The Kier molecular flexibility index (Phi) is 4.16. The van der Waals surface area contributed by atoms with Crippen molar-refractivity contribution in [3.63, 3.8) is 0 Å². The highest BCUT2D eigenvalue weighted by Gasteiger charge is 2.25. The number of ether oxygens (including phenoxy) is 1. The molecule has 4 rings (SSSR count). The van der Waals surface area contributed by atoms with Crippen LogP contribution in [0.15, 0.2) is 42.2 Å². The summed E-state index contributed by atoms with van der Waals surface area (Å²) in [7, 11) is 2.03. The Morgan fingerprint density at radius 3 is 3.17 bits per heavy atom. The molecule has 0 aliphatic carbocycles. The van der Waals surface area contributed by atoms with E-state index in [2.05, 4.69) is 44.5 Å². The van der Waals surface area contributed by atoms with Gasteiger partial charge in [-0.2, -0.15) is 0 Å². The van der Waals surface area contributed by atoms with E-state index in [-0.39, 0.29) is 6.10 Å². The fraction of sp³-hybridized carbons (Fsp3) is 0.389. The number of rotatable bonds is 4. The van der Waals surface area contributed by atoms with Crippen molar-refractivity contribution in [3.05, 3.63) is 53.4 Å². The Labute approximate surface area is 140 Å². The molecular formula is C18H21N3OS. The maximum Gasteiger partial charge on any atom is 0.100 e. The minimum atomic E-state index is 0.146. The number of hydrogen-bond donors (Lipinski definition) is 1. The first-order valence-corrected chi connectivity index (χ1v) is 8.95. The molecule has 2 aromatic heterocycles. The number of nitrogens with zero attached hydrogens (tertiary/aromatic N) is 2. The van der Waals surface area contributed by atoms with Crippen LogP contribution in [-0.4, -0.2) is 22.2 Å². The lowest BCUT2D eigenvalue weighted by atomic mass is 10.0. The van der Waals surface area contributed by atoms with Gasteiger partial charge in [0.1, 0.15) is 6.10 Å². The molecule has 0 radical (unpaired) electrons. The van der Waals surface area contributed by atoms with Gasteiger partial charge in [0.15, 0.2) is 0 Å². The summed E-state index contributed by atoms with van der Waals surface area (Å²) in [4.78, 5) is 4.21. The van der Waals surface area contributed by atoms with Crippen LogP contribution in [0.1, 0.15) is 30.2 Å². The van der Waals surface area contributed by atoms with Gasteiger partial charge in [0.2, 0.25) is 0 Å². The zero-order chi connectivity index (χ0) is 15.6. The van der Waals surface area contributed by atoms with Crippen molar-refractivity contribution in [1.82, 2.24) is 14.9 Å². The van der Waals surface area contributed by atoms with Gasteiger partial charge < -0.3 is 14.6 Å². The molecular weight excluding hydrogens is 306 g/mol. The SMILES string of the molecule is Cn1cncc1[C@H]1C[C@H](NCc2csc3ccccc23)CCO1. The molecule has 0 spiro atoms. The van der Waals surface area contributed by atoms with Gasteiger partial charge in [-0.3, -0.25) is 0 Å². The van der Waals surface area contributed by atoms with Gasteiger partial charge >= 0.3 is 0 Å². The molecule has 23 heavy (non-hydrogen) atoms. The highest BCUT2D eigenvalue weighted by atomic mass is 32.1. The van der Waals surface area contributed by atoms with Gasteiger partial charge in [0.05, 0.1) is 18.2 Å². The lowest BCUT2D eigenvalue weighted by Gasteiger charge is -2.30. The Morgan fingerprint density at radius 2 is 2.30 bits per heavy atom. The number of hydrogen-bond acceptors (Lipinski definition) is 4. The molecule has 0 bridgehead atoms.